The molecule has 0 rings (SSSR count). The van der Waals surface area contributed by atoms with Crippen LogP contribution in [0.4, 0.5) is 0 Å². The molecule has 140 valence electrons. The molecule has 0 spiro atoms. The van der Waals surface area contributed by atoms with Crippen LogP contribution in [-0.2, 0) is 14.4 Å². The Labute approximate surface area is 147 Å². The van der Waals surface area contributed by atoms with Crippen molar-refractivity contribution >= 4 is 5.97 Å². The summed E-state index contributed by atoms with van der Waals surface area (Å²) >= 11 is 0. The zero-order valence-electron chi connectivity index (χ0n) is 15.5. The Kier molecular flexibility index (Phi) is 17.4. The van der Waals surface area contributed by atoms with Gasteiger partial charge in [-0.15, -0.1) is 0 Å². The maximum atomic E-state index is 11.4. The smallest absolute Gasteiger partial charge is 0.338 e. The summed E-state index contributed by atoms with van der Waals surface area (Å²) in [4.78, 5) is 15.6. The van der Waals surface area contributed by atoms with Crippen molar-refractivity contribution in [3.63, 3.8) is 0 Å². The van der Waals surface area contributed by atoms with Crippen molar-refractivity contribution in [1.82, 2.24) is 0 Å². The van der Waals surface area contributed by atoms with Gasteiger partial charge in [0.05, 0.1) is 6.61 Å². The molecule has 0 heterocycles. The molecule has 0 aliphatic rings. The molecular weight excluding hydrogens is 304 g/mol. The third-order valence-corrected chi connectivity index (χ3v) is 3.84. The van der Waals surface area contributed by atoms with E-state index >= 15 is 0 Å². The molecule has 0 aromatic rings. The van der Waals surface area contributed by atoms with Gasteiger partial charge >= 0.3 is 5.97 Å². The van der Waals surface area contributed by atoms with Gasteiger partial charge in [-0.1, -0.05) is 63.3 Å². The Hall–Kier alpha value is -1.13. The van der Waals surface area contributed by atoms with Gasteiger partial charge in [-0.3, -0.25) is 5.26 Å². The molecule has 1 atom stereocenters. The van der Waals surface area contributed by atoms with Crippen LogP contribution < -0.4 is 0 Å². The summed E-state index contributed by atoms with van der Waals surface area (Å²) in [7, 11) is 0. The SMILES string of the molecule is CCCCCC=CCC=CCCCCCCC(OO)C(=O)OCC. The second-order valence-electron chi connectivity index (χ2n) is 6.01. The lowest BCUT2D eigenvalue weighted by Crippen LogP contribution is -2.25. The molecule has 0 aliphatic carbocycles. The van der Waals surface area contributed by atoms with E-state index in [1.807, 2.05) is 0 Å². The van der Waals surface area contributed by atoms with E-state index in [9.17, 15) is 4.79 Å². The molecule has 0 radical (unpaired) electrons. The van der Waals surface area contributed by atoms with Crippen molar-refractivity contribution < 1.29 is 19.7 Å². The summed E-state index contributed by atoms with van der Waals surface area (Å²) in [5.74, 6) is -0.481. The molecule has 0 amide bonds. The van der Waals surface area contributed by atoms with Gasteiger partial charge in [0.2, 0.25) is 0 Å². The highest BCUT2D eigenvalue weighted by atomic mass is 17.1. The molecule has 0 saturated carbocycles. The van der Waals surface area contributed by atoms with E-state index in [0.717, 1.165) is 38.5 Å². The molecule has 4 heteroatoms. The van der Waals surface area contributed by atoms with Crippen molar-refractivity contribution in [1.29, 1.82) is 0 Å². The van der Waals surface area contributed by atoms with Crippen LogP contribution >= 0.6 is 0 Å². The number of allylic oxidation sites excluding steroid dienone is 4. The average Bonchev–Trinajstić information content (AvgIpc) is 2.58. The van der Waals surface area contributed by atoms with Gasteiger partial charge in [0.1, 0.15) is 0 Å². The molecule has 1 N–H and O–H groups in total. The number of hydrogen-bond acceptors (Lipinski definition) is 4. The van der Waals surface area contributed by atoms with Crippen molar-refractivity contribution in [3.8, 4) is 0 Å². The highest BCUT2D eigenvalue weighted by Gasteiger charge is 2.19. The zero-order chi connectivity index (χ0) is 17.9. The Morgan fingerprint density at radius 2 is 1.54 bits per heavy atom. The van der Waals surface area contributed by atoms with Gasteiger partial charge in [0.25, 0.3) is 0 Å². The van der Waals surface area contributed by atoms with E-state index in [2.05, 4.69) is 36.1 Å². The zero-order valence-corrected chi connectivity index (χ0v) is 15.5. The summed E-state index contributed by atoms with van der Waals surface area (Å²) in [6, 6.07) is 0. The molecule has 4 nitrogen and oxygen atoms in total. The Morgan fingerprint density at radius 3 is 2.12 bits per heavy atom. The normalized spacial score (nSPS) is 13.0. The maximum Gasteiger partial charge on any atom is 0.338 e. The van der Waals surface area contributed by atoms with E-state index < -0.39 is 12.1 Å². The number of hydrogen-bond donors (Lipinski definition) is 1. The Morgan fingerprint density at radius 1 is 0.917 bits per heavy atom. The quantitative estimate of drug-likeness (QED) is 0.126. The van der Waals surface area contributed by atoms with Crippen LogP contribution in [0.3, 0.4) is 0 Å². The van der Waals surface area contributed by atoms with Gasteiger partial charge < -0.3 is 4.74 Å². The summed E-state index contributed by atoms with van der Waals surface area (Å²) in [6.45, 7) is 4.27. The van der Waals surface area contributed by atoms with Gasteiger partial charge in [0.15, 0.2) is 6.10 Å². The Bertz CT molecular complexity index is 337. The first-order valence-corrected chi connectivity index (χ1v) is 9.53. The summed E-state index contributed by atoms with van der Waals surface area (Å²) in [6.07, 6.45) is 20.1. The third kappa shape index (κ3) is 14.5. The minimum absolute atomic E-state index is 0.305. The molecule has 0 bridgehead atoms. The summed E-state index contributed by atoms with van der Waals surface area (Å²) in [5, 5.41) is 8.71. The van der Waals surface area contributed by atoms with Crippen LogP contribution in [0.5, 0.6) is 0 Å². The van der Waals surface area contributed by atoms with Crippen LogP contribution in [0.15, 0.2) is 24.3 Å². The molecule has 0 aromatic carbocycles. The second-order valence-corrected chi connectivity index (χ2v) is 6.01. The summed E-state index contributed by atoms with van der Waals surface area (Å²) < 4.78 is 4.83. The van der Waals surface area contributed by atoms with E-state index in [4.69, 9.17) is 9.99 Å². The highest BCUT2D eigenvalue weighted by Crippen LogP contribution is 2.11. The van der Waals surface area contributed by atoms with Gasteiger partial charge in [-0.05, 0) is 45.4 Å². The lowest BCUT2D eigenvalue weighted by Gasteiger charge is -2.11. The first-order valence-electron chi connectivity index (χ1n) is 9.53. The van der Waals surface area contributed by atoms with Crippen molar-refractivity contribution in [2.75, 3.05) is 6.61 Å². The minimum Gasteiger partial charge on any atom is -0.464 e. The van der Waals surface area contributed by atoms with Crippen molar-refractivity contribution in [2.24, 2.45) is 0 Å². The van der Waals surface area contributed by atoms with Crippen molar-refractivity contribution in [3.05, 3.63) is 24.3 Å². The fourth-order valence-corrected chi connectivity index (χ4v) is 2.41. The molecule has 0 aromatic heterocycles. The predicted octanol–water partition coefficient (Wildman–Crippen LogP) is 5.83. The molecule has 1 unspecified atom stereocenters. The highest BCUT2D eigenvalue weighted by molar-refractivity contribution is 5.74. The number of unbranched alkanes of at least 4 members (excludes halogenated alkanes) is 7. The van der Waals surface area contributed by atoms with Crippen LogP contribution in [0.25, 0.3) is 0 Å². The number of carbonyl (C=O) groups is 1. The van der Waals surface area contributed by atoms with Gasteiger partial charge in [0, 0.05) is 0 Å². The van der Waals surface area contributed by atoms with E-state index in [0.29, 0.717) is 13.0 Å². The third-order valence-electron chi connectivity index (χ3n) is 3.84. The second kappa shape index (κ2) is 18.2. The fourth-order valence-electron chi connectivity index (χ4n) is 2.41. The van der Waals surface area contributed by atoms with E-state index in [1.54, 1.807) is 6.92 Å². The minimum atomic E-state index is -0.839. The average molecular weight is 341 g/mol. The largest absolute Gasteiger partial charge is 0.464 e. The first-order chi connectivity index (χ1) is 11.8. The molecular formula is C20H36O4. The Balaban J connectivity index is 3.46. The summed E-state index contributed by atoms with van der Waals surface area (Å²) in [5.41, 5.74) is 0. The first kappa shape index (κ1) is 22.9. The van der Waals surface area contributed by atoms with Crippen LogP contribution in [-0.4, -0.2) is 23.9 Å². The van der Waals surface area contributed by atoms with Crippen LogP contribution in [0.1, 0.15) is 84.5 Å². The van der Waals surface area contributed by atoms with Crippen molar-refractivity contribution in [2.45, 2.75) is 90.6 Å². The maximum absolute atomic E-state index is 11.4. The lowest BCUT2D eigenvalue weighted by atomic mass is 10.1. The lowest BCUT2D eigenvalue weighted by molar-refractivity contribution is -0.279. The number of rotatable bonds is 16. The number of ether oxygens (including phenoxy) is 1. The monoisotopic (exact) mass is 340 g/mol. The fraction of sp³-hybridized carbons (Fsp3) is 0.750. The van der Waals surface area contributed by atoms with Gasteiger partial charge in [-0.25, -0.2) is 9.68 Å². The van der Waals surface area contributed by atoms with Crippen LogP contribution in [0.2, 0.25) is 0 Å². The van der Waals surface area contributed by atoms with Gasteiger partial charge in [-0.2, -0.15) is 0 Å². The number of carbonyl (C=O) groups excluding carboxylic acids is 1. The number of esters is 1. The van der Waals surface area contributed by atoms with E-state index in [1.165, 1.54) is 25.7 Å². The topological polar surface area (TPSA) is 55.8 Å². The predicted molar refractivity (Wildman–Crippen MR) is 98.9 cm³/mol. The molecule has 24 heavy (non-hydrogen) atoms. The van der Waals surface area contributed by atoms with E-state index in [-0.39, 0.29) is 0 Å². The molecule has 0 fully saturated rings. The van der Waals surface area contributed by atoms with Crippen LogP contribution in [0, 0.1) is 0 Å². The molecule has 0 aliphatic heterocycles. The standard InChI is InChI=1S/C20H36O4/c1-3-5-6-7-8-9-10-11-12-13-14-15-16-17-18-19(24-22)20(21)23-4-2/h8-9,11-12,19,22H,3-7,10,13-18H2,1-2H3. The molecule has 0 saturated heterocycles.